The minimum Gasteiger partial charge on any atom is -0.388 e. The van der Waals surface area contributed by atoms with Crippen LogP contribution in [-0.4, -0.2) is 44.0 Å². The van der Waals surface area contributed by atoms with E-state index in [0.29, 0.717) is 19.0 Å². The van der Waals surface area contributed by atoms with Gasteiger partial charge in [-0.1, -0.05) is 30.3 Å². The van der Waals surface area contributed by atoms with Crippen molar-refractivity contribution >= 4 is 0 Å². The highest BCUT2D eigenvalue weighted by Gasteiger charge is 2.29. The maximum atomic E-state index is 10.4. The monoisotopic (exact) mass is 315 g/mol. The molecule has 2 heterocycles. The lowest BCUT2D eigenvalue weighted by molar-refractivity contribution is 0.0784. The van der Waals surface area contributed by atoms with Gasteiger partial charge in [0.15, 0.2) is 0 Å². The fourth-order valence-corrected chi connectivity index (χ4v) is 3.41. The van der Waals surface area contributed by atoms with Crippen LogP contribution in [0.25, 0.3) is 0 Å². The summed E-state index contributed by atoms with van der Waals surface area (Å²) >= 11 is 0. The number of rotatable bonds is 6. The molecule has 0 spiro atoms. The predicted octanol–water partition coefficient (Wildman–Crippen LogP) is 2.04. The Balaban J connectivity index is 1.59. The summed E-state index contributed by atoms with van der Waals surface area (Å²) in [5.41, 5.74) is 1.81. The molecule has 0 bridgehead atoms. The fraction of sp³-hybridized carbons (Fsp3) is 0.500. The molecule has 0 radical (unpaired) electrons. The van der Waals surface area contributed by atoms with Gasteiger partial charge in [0.2, 0.25) is 0 Å². The number of hydrogen-bond acceptors (Lipinski definition) is 4. The van der Waals surface area contributed by atoms with Gasteiger partial charge in [-0.2, -0.15) is 5.10 Å². The van der Waals surface area contributed by atoms with E-state index in [0.717, 1.165) is 30.5 Å². The van der Waals surface area contributed by atoms with Crippen LogP contribution >= 0.6 is 0 Å². The Labute approximate surface area is 137 Å². The zero-order chi connectivity index (χ0) is 16.2. The summed E-state index contributed by atoms with van der Waals surface area (Å²) in [5, 5.41) is 25.0. The first-order valence-electron chi connectivity index (χ1n) is 8.27. The molecule has 0 amide bonds. The van der Waals surface area contributed by atoms with Crippen LogP contribution in [-0.2, 0) is 7.05 Å². The molecule has 1 aromatic heterocycles. The van der Waals surface area contributed by atoms with Gasteiger partial charge in [-0.3, -0.25) is 9.58 Å². The van der Waals surface area contributed by atoms with Gasteiger partial charge < -0.3 is 10.2 Å². The summed E-state index contributed by atoms with van der Waals surface area (Å²) in [6.07, 6.45) is 5.49. The van der Waals surface area contributed by atoms with Crippen molar-refractivity contribution in [3.63, 3.8) is 0 Å². The summed E-state index contributed by atoms with van der Waals surface area (Å²) in [4.78, 5) is 2.30. The average Bonchev–Trinajstić information content (AvgIpc) is 3.17. The van der Waals surface area contributed by atoms with E-state index in [1.54, 1.807) is 10.9 Å². The standard InChI is InChI=1S/C18H25N3O2/c1-20-12-15(11-19-20)17(22)10-16-8-5-9-21(16)13-18(23)14-6-3-2-4-7-14/h2-4,6-7,11-12,16-18,22-23H,5,8-10,13H2,1H3/t16?,17?,18-/m1/s1. The molecule has 3 rings (SSSR count). The van der Waals surface area contributed by atoms with Crippen molar-refractivity contribution in [1.29, 1.82) is 0 Å². The quantitative estimate of drug-likeness (QED) is 0.856. The Morgan fingerprint density at radius 1 is 1.17 bits per heavy atom. The molecule has 2 N–H and O–H groups in total. The Morgan fingerprint density at radius 3 is 2.65 bits per heavy atom. The summed E-state index contributed by atoms with van der Waals surface area (Å²) < 4.78 is 1.71. The molecule has 124 valence electrons. The maximum absolute atomic E-state index is 10.4. The number of aryl methyl sites for hydroxylation is 1. The van der Waals surface area contributed by atoms with Crippen molar-refractivity contribution < 1.29 is 10.2 Å². The van der Waals surface area contributed by atoms with Crippen molar-refractivity contribution in [3.05, 3.63) is 53.9 Å². The van der Waals surface area contributed by atoms with E-state index in [1.165, 1.54) is 0 Å². The molecule has 1 aliphatic heterocycles. The third-order valence-electron chi connectivity index (χ3n) is 4.70. The lowest BCUT2D eigenvalue weighted by Crippen LogP contribution is -2.34. The summed E-state index contributed by atoms with van der Waals surface area (Å²) in [7, 11) is 1.86. The van der Waals surface area contributed by atoms with E-state index in [-0.39, 0.29) is 0 Å². The van der Waals surface area contributed by atoms with Crippen LogP contribution in [0.15, 0.2) is 42.7 Å². The van der Waals surface area contributed by atoms with Gasteiger partial charge in [0, 0.05) is 31.4 Å². The zero-order valence-corrected chi connectivity index (χ0v) is 13.5. The topological polar surface area (TPSA) is 61.5 Å². The molecule has 23 heavy (non-hydrogen) atoms. The molecule has 1 saturated heterocycles. The third-order valence-corrected chi connectivity index (χ3v) is 4.70. The largest absolute Gasteiger partial charge is 0.388 e. The summed E-state index contributed by atoms with van der Waals surface area (Å²) in [6.45, 7) is 1.60. The highest BCUT2D eigenvalue weighted by molar-refractivity contribution is 5.17. The third kappa shape index (κ3) is 3.99. The van der Waals surface area contributed by atoms with Crippen molar-refractivity contribution in [1.82, 2.24) is 14.7 Å². The number of nitrogens with zero attached hydrogens (tertiary/aromatic N) is 3. The van der Waals surface area contributed by atoms with E-state index in [4.69, 9.17) is 0 Å². The summed E-state index contributed by atoms with van der Waals surface area (Å²) in [6, 6.07) is 10.1. The van der Waals surface area contributed by atoms with Crippen LogP contribution in [0.3, 0.4) is 0 Å². The smallest absolute Gasteiger partial charge is 0.0917 e. The van der Waals surface area contributed by atoms with Gasteiger partial charge in [0.25, 0.3) is 0 Å². The second-order valence-electron chi connectivity index (χ2n) is 6.42. The highest BCUT2D eigenvalue weighted by Crippen LogP contribution is 2.28. The van der Waals surface area contributed by atoms with E-state index in [9.17, 15) is 10.2 Å². The molecule has 1 aromatic carbocycles. The molecule has 5 heteroatoms. The number of aliphatic hydroxyl groups is 2. The van der Waals surface area contributed by atoms with Gasteiger partial charge in [0.1, 0.15) is 0 Å². The van der Waals surface area contributed by atoms with Gasteiger partial charge >= 0.3 is 0 Å². The molecule has 0 aliphatic carbocycles. The van der Waals surface area contributed by atoms with Crippen LogP contribution in [0.5, 0.6) is 0 Å². The van der Waals surface area contributed by atoms with Crippen LogP contribution in [0.2, 0.25) is 0 Å². The Morgan fingerprint density at radius 2 is 1.96 bits per heavy atom. The SMILES string of the molecule is Cn1cc(C(O)CC2CCCN2C[C@@H](O)c2ccccc2)cn1. The number of aliphatic hydroxyl groups excluding tert-OH is 2. The van der Waals surface area contributed by atoms with Gasteiger partial charge in [-0.05, 0) is 31.4 Å². The van der Waals surface area contributed by atoms with E-state index < -0.39 is 12.2 Å². The minimum absolute atomic E-state index is 0.309. The van der Waals surface area contributed by atoms with E-state index >= 15 is 0 Å². The maximum Gasteiger partial charge on any atom is 0.0917 e. The van der Waals surface area contributed by atoms with Crippen molar-refractivity contribution in [2.75, 3.05) is 13.1 Å². The number of hydrogen-bond donors (Lipinski definition) is 2. The number of aromatic nitrogens is 2. The Hall–Kier alpha value is -1.69. The average molecular weight is 315 g/mol. The molecule has 3 atom stereocenters. The molecule has 2 aromatic rings. The Kier molecular flexibility index (Phi) is 5.10. The highest BCUT2D eigenvalue weighted by atomic mass is 16.3. The normalized spacial score (nSPS) is 21.4. The minimum atomic E-state index is -0.497. The second kappa shape index (κ2) is 7.25. The van der Waals surface area contributed by atoms with Crippen LogP contribution < -0.4 is 0 Å². The van der Waals surface area contributed by atoms with Crippen LogP contribution in [0, 0.1) is 0 Å². The number of likely N-dealkylation sites (tertiary alicyclic amines) is 1. The molecular weight excluding hydrogens is 290 g/mol. The van der Waals surface area contributed by atoms with Gasteiger partial charge in [0.05, 0.1) is 18.4 Å². The second-order valence-corrected chi connectivity index (χ2v) is 6.42. The number of β-amino-alcohol motifs (C(OH)–C–C–N with tert-alkyl or cyclic N) is 1. The molecule has 1 aliphatic rings. The molecule has 1 fully saturated rings. The van der Waals surface area contributed by atoms with Gasteiger partial charge in [-0.25, -0.2) is 0 Å². The predicted molar refractivity (Wildman–Crippen MR) is 88.8 cm³/mol. The summed E-state index contributed by atoms with van der Waals surface area (Å²) in [5.74, 6) is 0. The van der Waals surface area contributed by atoms with Crippen molar-refractivity contribution in [2.45, 2.75) is 37.5 Å². The fourth-order valence-electron chi connectivity index (χ4n) is 3.41. The molecular formula is C18H25N3O2. The van der Waals surface area contributed by atoms with E-state index in [1.807, 2.05) is 43.6 Å². The Bertz CT molecular complexity index is 614. The first kappa shape index (κ1) is 16.2. The lowest BCUT2D eigenvalue weighted by atomic mass is 10.0. The molecule has 5 nitrogen and oxygen atoms in total. The zero-order valence-electron chi connectivity index (χ0n) is 13.5. The van der Waals surface area contributed by atoms with Crippen molar-refractivity contribution in [2.24, 2.45) is 7.05 Å². The van der Waals surface area contributed by atoms with Gasteiger partial charge in [-0.15, -0.1) is 0 Å². The van der Waals surface area contributed by atoms with Crippen molar-refractivity contribution in [3.8, 4) is 0 Å². The lowest BCUT2D eigenvalue weighted by Gasteiger charge is -2.28. The molecule has 2 unspecified atom stereocenters. The first-order chi connectivity index (χ1) is 11.1. The first-order valence-corrected chi connectivity index (χ1v) is 8.27. The van der Waals surface area contributed by atoms with Crippen LogP contribution in [0.4, 0.5) is 0 Å². The van der Waals surface area contributed by atoms with E-state index in [2.05, 4.69) is 10.00 Å². The van der Waals surface area contributed by atoms with Crippen LogP contribution in [0.1, 0.15) is 42.6 Å². The molecule has 0 saturated carbocycles. The number of benzene rings is 1.